The van der Waals surface area contributed by atoms with Crippen LogP contribution in [0.2, 0.25) is 0 Å². The lowest BCUT2D eigenvalue weighted by atomic mass is 10.1. The molecular weight excluding hydrogens is 356 g/mol. The third-order valence-corrected chi connectivity index (χ3v) is 5.63. The Labute approximate surface area is 167 Å². The lowest BCUT2D eigenvalue weighted by molar-refractivity contribution is -0.132. The van der Waals surface area contributed by atoms with Crippen molar-refractivity contribution in [2.24, 2.45) is 0 Å². The van der Waals surface area contributed by atoms with Crippen LogP contribution >= 0.6 is 0 Å². The Morgan fingerprint density at radius 2 is 1.96 bits per heavy atom. The molecule has 1 atom stereocenters. The van der Waals surface area contributed by atoms with Crippen LogP contribution in [0.25, 0.3) is 0 Å². The summed E-state index contributed by atoms with van der Waals surface area (Å²) in [5, 5.41) is 3.03. The number of urea groups is 1. The van der Waals surface area contributed by atoms with Gasteiger partial charge < -0.3 is 19.9 Å². The van der Waals surface area contributed by atoms with Crippen LogP contribution in [0.4, 0.5) is 4.79 Å². The van der Waals surface area contributed by atoms with E-state index < -0.39 is 0 Å². The van der Waals surface area contributed by atoms with E-state index in [4.69, 9.17) is 4.74 Å². The molecule has 7 nitrogen and oxygen atoms in total. The molecule has 1 N–H and O–H groups in total. The summed E-state index contributed by atoms with van der Waals surface area (Å²) in [5.41, 5.74) is 1.22. The maximum atomic E-state index is 12.7. The fourth-order valence-corrected chi connectivity index (χ4v) is 4.01. The highest BCUT2D eigenvalue weighted by molar-refractivity contribution is 5.84. The van der Waals surface area contributed by atoms with E-state index in [1.165, 1.54) is 5.56 Å². The smallest absolute Gasteiger partial charge is 0.317 e. The fraction of sp³-hybridized carbons (Fsp3) is 0.619. The van der Waals surface area contributed by atoms with E-state index in [9.17, 15) is 9.59 Å². The number of ether oxygens (including phenoxy) is 1. The summed E-state index contributed by atoms with van der Waals surface area (Å²) in [7, 11) is 1.66. The number of methoxy groups -OCH3 is 1. The number of rotatable bonds is 7. The molecule has 0 aromatic heterocycles. The summed E-state index contributed by atoms with van der Waals surface area (Å²) < 4.78 is 5.10. The first-order valence-corrected chi connectivity index (χ1v) is 10.3. The molecule has 3 amide bonds. The normalized spacial score (nSPS) is 21.0. The number of carbonyl (C=O) groups excluding carboxylic acids is 2. The predicted octanol–water partition coefficient (Wildman–Crippen LogP) is 1.19. The van der Waals surface area contributed by atoms with Gasteiger partial charge in [0, 0.05) is 52.9 Å². The van der Waals surface area contributed by atoms with Crippen LogP contribution in [-0.4, -0.2) is 92.2 Å². The number of amides is 3. The van der Waals surface area contributed by atoms with Crippen molar-refractivity contribution in [2.45, 2.75) is 25.3 Å². The van der Waals surface area contributed by atoms with Gasteiger partial charge >= 0.3 is 6.03 Å². The van der Waals surface area contributed by atoms with E-state index in [-0.39, 0.29) is 18.0 Å². The molecule has 0 saturated carbocycles. The highest BCUT2D eigenvalue weighted by Crippen LogP contribution is 2.19. The molecule has 1 aromatic rings. The minimum atomic E-state index is -0.0436. The lowest BCUT2D eigenvalue weighted by Gasteiger charge is -2.26. The van der Waals surface area contributed by atoms with E-state index >= 15 is 0 Å². The number of nitrogens with zero attached hydrogens (tertiary/aromatic N) is 3. The molecule has 0 bridgehead atoms. The van der Waals surface area contributed by atoms with E-state index in [2.05, 4.69) is 22.3 Å². The molecule has 0 aliphatic carbocycles. The standard InChI is InChI=1S/C21H32N4O3/c1-28-17-16-24-13-9-19(20(24)26)23-11-5-12-25(15-14-23)21(27)22-10-8-18-6-3-2-4-7-18/h2-4,6-7,19H,5,8-17H2,1H3,(H,22,27). The number of carbonyl (C=O) groups is 2. The maximum absolute atomic E-state index is 12.7. The molecule has 2 heterocycles. The third-order valence-electron chi connectivity index (χ3n) is 5.63. The van der Waals surface area contributed by atoms with Crippen molar-refractivity contribution in [2.75, 3.05) is 59.5 Å². The molecule has 3 rings (SSSR count). The van der Waals surface area contributed by atoms with Crippen molar-refractivity contribution in [3.05, 3.63) is 35.9 Å². The SMILES string of the molecule is COCCN1CCC(N2CCCN(C(=O)NCCc3ccccc3)CC2)C1=O. The van der Waals surface area contributed by atoms with Crippen LogP contribution in [0.5, 0.6) is 0 Å². The largest absolute Gasteiger partial charge is 0.383 e. The minimum absolute atomic E-state index is 0.00255. The van der Waals surface area contributed by atoms with Crippen molar-refractivity contribution in [1.82, 2.24) is 20.0 Å². The van der Waals surface area contributed by atoms with Gasteiger partial charge in [-0.25, -0.2) is 4.79 Å². The lowest BCUT2D eigenvalue weighted by Crippen LogP contribution is -2.45. The minimum Gasteiger partial charge on any atom is -0.383 e. The second kappa shape index (κ2) is 10.4. The van der Waals surface area contributed by atoms with Crippen LogP contribution in [-0.2, 0) is 16.0 Å². The third kappa shape index (κ3) is 5.45. The molecule has 154 valence electrons. The van der Waals surface area contributed by atoms with Gasteiger partial charge in [0.25, 0.3) is 0 Å². The Balaban J connectivity index is 1.43. The Morgan fingerprint density at radius 1 is 1.14 bits per heavy atom. The van der Waals surface area contributed by atoms with Gasteiger partial charge in [0.2, 0.25) is 5.91 Å². The van der Waals surface area contributed by atoms with Gasteiger partial charge in [-0.15, -0.1) is 0 Å². The predicted molar refractivity (Wildman–Crippen MR) is 108 cm³/mol. The van der Waals surface area contributed by atoms with Gasteiger partial charge in [-0.1, -0.05) is 30.3 Å². The molecule has 2 aliphatic heterocycles. The van der Waals surface area contributed by atoms with E-state index in [0.29, 0.717) is 26.2 Å². The molecular formula is C21H32N4O3. The number of hydrogen-bond donors (Lipinski definition) is 1. The monoisotopic (exact) mass is 388 g/mol. The fourth-order valence-electron chi connectivity index (χ4n) is 4.01. The summed E-state index contributed by atoms with van der Waals surface area (Å²) >= 11 is 0. The Kier molecular flexibility index (Phi) is 7.68. The number of likely N-dealkylation sites (tertiary alicyclic amines) is 1. The number of hydrogen-bond acceptors (Lipinski definition) is 4. The van der Waals surface area contributed by atoms with Crippen molar-refractivity contribution in [3.8, 4) is 0 Å². The second-order valence-electron chi connectivity index (χ2n) is 7.47. The van der Waals surface area contributed by atoms with Gasteiger partial charge in [-0.2, -0.15) is 0 Å². The van der Waals surface area contributed by atoms with Gasteiger partial charge in [0.1, 0.15) is 0 Å². The molecule has 28 heavy (non-hydrogen) atoms. The average Bonchev–Trinajstić information content (AvgIpc) is 2.92. The van der Waals surface area contributed by atoms with Crippen molar-refractivity contribution in [1.29, 1.82) is 0 Å². The van der Waals surface area contributed by atoms with Crippen LogP contribution in [0.15, 0.2) is 30.3 Å². The summed E-state index contributed by atoms with van der Waals surface area (Å²) in [5.74, 6) is 0.206. The zero-order valence-electron chi connectivity index (χ0n) is 16.8. The van der Waals surface area contributed by atoms with Crippen LogP contribution < -0.4 is 5.32 Å². The van der Waals surface area contributed by atoms with Gasteiger partial charge in [0.15, 0.2) is 0 Å². The van der Waals surface area contributed by atoms with Crippen molar-refractivity contribution in [3.63, 3.8) is 0 Å². The Morgan fingerprint density at radius 3 is 2.75 bits per heavy atom. The topological polar surface area (TPSA) is 65.1 Å². The molecule has 1 unspecified atom stereocenters. The molecule has 0 spiro atoms. The van der Waals surface area contributed by atoms with E-state index in [0.717, 1.165) is 45.4 Å². The molecule has 2 fully saturated rings. The van der Waals surface area contributed by atoms with E-state index in [1.807, 2.05) is 28.0 Å². The quantitative estimate of drug-likeness (QED) is 0.762. The highest BCUT2D eigenvalue weighted by atomic mass is 16.5. The van der Waals surface area contributed by atoms with E-state index in [1.54, 1.807) is 7.11 Å². The van der Waals surface area contributed by atoms with Gasteiger partial charge in [-0.3, -0.25) is 9.69 Å². The first-order valence-electron chi connectivity index (χ1n) is 10.3. The molecule has 2 saturated heterocycles. The molecule has 0 radical (unpaired) electrons. The summed E-state index contributed by atoms with van der Waals surface area (Å²) in [6.45, 7) is 5.70. The first-order chi connectivity index (χ1) is 13.7. The van der Waals surface area contributed by atoms with Crippen LogP contribution in [0, 0.1) is 0 Å². The maximum Gasteiger partial charge on any atom is 0.317 e. The van der Waals surface area contributed by atoms with Crippen molar-refractivity contribution >= 4 is 11.9 Å². The molecule has 7 heteroatoms. The Hall–Kier alpha value is -2.12. The zero-order valence-corrected chi connectivity index (χ0v) is 16.8. The molecule has 1 aromatic carbocycles. The van der Waals surface area contributed by atoms with Crippen LogP contribution in [0.1, 0.15) is 18.4 Å². The van der Waals surface area contributed by atoms with Gasteiger partial charge in [0.05, 0.1) is 12.6 Å². The summed E-state index contributed by atoms with van der Waals surface area (Å²) in [6.07, 6.45) is 2.60. The average molecular weight is 389 g/mol. The first kappa shape index (κ1) is 20.6. The summed E-state index contributed by atoms with van der Waals surface area (Å²) in [6, 6.07) is 10.1. The van der Waals surface area contributed by atoms with Gasteiger partial charge in [-0.05, 0) is 24.8 Å². The summed E-state index contributed by atoms with van der Waals surface area (Å²) in [4.78, 5) is 31.2. The number of nitrogens with one attached hydrogen (secondary N) is 1. The van der Waals surface area contributed by atoms with Crippen LogP contribution in [0.3, 0.4) is 0 Å². The second-order valence-corrected chi connectivity index (χ2v) is 7.47. The van der Waals surface area contributed by atoms with Crippen molar-refractivity contribution < 1.29 is 14.3 Å². The molecule has 2 aliphatic rings. The zero-order chi connectivity index (χ0) is 19.8. The Bertz CT molecular complexity index is 640. The number of benzene rings is 1. The highest BCUT2D eigenvalue weighted by Gasteiger charge is 2.36.